The lowest BCUT2D eigenvalue weighted by molar-refractivity contribution is -0.140. The molecule has 0 aliphatic heterocycles. The van der Waals surface area contributed by atoms with Gasteiger partial charge in [0.05, 0.1) is 5.92 Å². The minimum atomic E-state index is -0.917. The number of thiophene rings is 1. The van der Waals surface area contributed by atoms with Crippen molar-refractivity contribution in [3.8, 4) is 0 Å². The fourth-order valence-electron chi connectivity index (χ4n) is 1.45. The zero-order chi connectivity index (χ0) is 14.5. The molecule has 19 heavy (non-hydrogen) atoms. The smallest absolute Gasteiger partial charge is 0.314 e. The molecule has 6 heteroatoms. The molecule has 0 aliphatic carbocycles. The quantitative estimate of drug-likeness (QED) is 0.748. The van der Waals surface area contributed by atoms with Crippen LogP contribution in [0.4, 0.5) is 4.79 Å². The molecule has 1 rings (SSSR count). The number of amides is 2. The van der Waals surface area contributed by atoms with Crippen LogP contribution in [0, 0.1) is 5.92 Å². The van der Waals surface area contributed by atoms with Crippen LogP contribution in [0.3, 0.4) is 0 Å². The number of hydrogen-bond acceptors (Lipinski definition) is 3. The maximum Gasteiger partial charge on any atom is 0.314 e. The van der Waals surface area contributed by atoms with Gasteiger partial charge in [-0.25, -0.2) is 4.79 Å². The van der Waals surface area contributed by atoms with Gasteiger partial charge in [-0.15, -0.1) is 11.3 Å². The molecule has 0 saturated carbocycles. The predicted octanol–water partition coefficient (Wildman–Crippen LogP) is 2.05. The van der Waals surface area contributed by atoms with E-state index in [2.05, 4.69) is 24.5 Å². The number of carbonyl (C=O) groups is 2. The fourth-order valence-corrected chi connectivity index (χ4v) is 2.30. The second-order valence-electron chi connectivity index (χ2n) is 5.16. The molecule has 0 aromatic carbocycles. The number of aliphatic carboxylic acids is 1. The lowest BCUT2D eigenvalue weighted by Crippen LogP contribution is -2.43. The van der Waals surface area contributed by atoms with Crippen molar-refractivity contribution in [2.75, 3.05) is 13.1 Å². The summed E-state index contributed by atoms with van der Waals surface area (Å²) in [6.45, 7) is 6.29. The number of urea groups is 1. The molecule has 0 saturated heterocycles. The van der Waals surface area contributed by atoms with Crippen LogP contribution < -0.4 is 10.6 Å². The van der Waals surface area contributed by atoms with Crippen molar-refractivity contribution in [1.82, 2.24) is 10.6 Å². The van der Waals surface area contributed by atoms with Crippen LogP contribution in [0.1, 0.15) is 25.6 Å². The number of carboxylic acids is 1. The SMILES string of the molecule is CC(CNC(=O)NCC(C)(C)c1cccs1)C(=O)O. The highest BCUT2D eigenvalue weighted by molar-refractivity contribution is 7.10. The summed E-state index contributed by atoms with van der Waals surface area (Å²) < 4.78 is 0. The molecule has 1 aromatic rings. The maximum atomic E-state index is 11.6. The Labute approximate surface area is 117 Å². The van der Waals surface area contributed by atoms with Crippen LogP contribution in [0.15, 0.2) is 17.5 Å². The third-order valence-corrected chi connectivity index (χ3v) is 4.11. The molecule has 1 aromatic heterocycles. The Bertz CT molecular complexity index is 429. The van der Waals surface area contributed by atoms with Gasteiger partial charge < -0.3 is 15.7 Å². The van der Waals surface area contributed by atoms with Crippen molar-refractivity contribution < 1.29 is 14.7 Å². The Morgan fingerprint density at radius 3 is 2.63 bits per heavy atom. The van der Waals surface area contributed by atoms with Gasteiger partial charge in [-0.1, -0.05) is 26.8 Å². The summed E-state index contributed by atoms with van der Waals surface area (Å²) in [6, 6.07) is 3.69. The highest BCUT2D eigenvalue weighted by Gasteiger charge is 2.22. The van der Waals surface area contributed by atoms with Gasteiger partial charge in [0.15, 0.2) is 0 Å². The van der Waals surface area contributed by atoms with E-state index in [1.807, 2.05) is 17.5 Å². The minimum absolute atomic E-state index is 0.126. The summed E-state index contributed by atoms with van der Waals surface area (Å²) in [4.78, 5) is 23.4. The van der Waals surface area contributed by atoms with Crippen molar-refractivity contribution in [2.45, 2.75) is 26.2 Å². The number of nitrogens with one attached hydrogen (secondary N) is 2. The molecule has 5 nitrogen and oxygen atoms in total. The molecular formula is C13H20N2O3S. The lowest BCUT2D eigenvalue weighted by Gasteiger charge is -2.23. The van der Waals surface area contributed by atoms with Crippen LogP contribution >= 0.6 is 11.3 Å². The Balaban J connectivity index is 2.36. The largest absolute Gasteiger partial charge is 0.481 e. The second-order valence-corrected chi connectivity index (χ2v) is 6.11. The molecule has 1 atom stereocenters. The van der Waals surface area contributed by atoms with Crippen molar-refractivity contribution in [3.05, 3.63) is 22.4 Å². The van der Waals surface area contributed by atoms with E-state index in [1.165, 1.54) is 4.88 Å². The van der Waals surface area contributed by atoms with E-state index in [4.69, 9.17) is 5.11 Å². The number of carboxylic acid groups (broad SMARTS) is 1. The highest BCUT2D eigenvalue weighted by Crippen LogP contribution is 2.26. The first-order valence-corrected chi connectivity index (χ1v) is 6.99. The van der Waals surface area contributed by atoms with Crippen molar-refractivity contribution >= 4 is 23.3 Å². The lowest BCUT2D eigenvalue weighted by atomic mass is 9.91. The maximum absolute atomic E-state index is 11.6. The Kier molecular flexibility index (Phi) is 5.35. The first-order valence-electron chi connectivity index (χ1n) is 6.11. The molecule has 0 fully saturated rings. The van der Waals surface area contributed by atoms with Crippen molar-refractivity contribution in [3.63, 3.8) is 0 Å². The van der Waals surface area contributed by atoms with E-state index in [0.717, 1.165) is 0 Å². The molecule has 1 heterocycles. The predicted molar refractivity (Wildman–Crippen MR) is 75.5 cm³/mol. The standard InChI is InChI=1S/C13H20N2O3S/c1-9(11(16)17)7-14-12(18)15-8-13(2,3)10-5-4-6-19-10/h4-6,9H,7-8H2,1-3H3,(H,16,17)(H2,14,15,18). The topological polar surface area (TPSA) is 78.4 Å². The Morgan fingerprint density at radius 1 is 1.42 bits per heavy atom. The second kappa shape index (κ2) is 6.56. The van der Waals surface area contributed by atoms with Gasteiger partial charge in [0.2, 0.25) is 0 Å². The zero-order valence-electron chi connectivity index (χ0n) is 11.4. The van der Waals surface area contributed by atoms with Crippen molar-refractivity contribution in [2.24, 2.45) is 5.92 Å². The molecule has 2 amide bonds. The van der Waals surface area contributed by atoms with Gasteiger partial charge in [0.25, 0.3) is 0 Å². The molecule has 106 valence electrons. The van der Waals surface area contributed by atoms with E-state index >= 15 is 0 Å². The molecular weight excluding hydrogens is 264 g/mol. The van der Waals surface area contributed by atoms with E-state index in [9.17, 15) is 9.59 Å². The zero-order valence-corrected chi connectivity index (χ0v) is 12.2. The first kappa shape index (κ1) is 15.5. The van der Waals surface area contributed by atoms with Crippen LogP contribution in [0.2, 0.25) is 0 Å². The molecule has 0 radical (unpaired) electrons. The van der Waals surface area contributed by atoms with Crippen LogP contribution in [0.25, 0.3) is 0 Å². The van der Waals surface area contributed by atoms with E-state index in [1.54, 1.807) is 18.3 Å². The average molecular weight is 284 g/mol. The number of rotatable bonds is 6. The Morgan fingerprint density at radius 2 is 2.11 bits per heavy atom. The van der Waals surface area contributed by atoms with Gasteiger partial charge in [-0.3, -0.25) is 4.79 Å². The van der Waals surface area contributed by atoms with Gasteiger partial charge in [-0.05, 0) is 11.4 Å². The number of hydrogen-bond donors (Lipinski definition) is 3. The van der Waals surface area contributed by atoms with Gasteiger partial charge in [0, 0.05) is 23.4 Å². The monoisotopic (exact) mass is 284 g/mol. The van der Waals surface area contributed by atoms with Gasteiger partial charge >= 0.3 is 12.0 Å². The summed E-state index contributed by atoms with van der Waals surface area (Å²) in [6.07, 6.45) is 0. The number of carbonyl (C=O) groups excluding carboxylic acids is 1. The molecule has 3 N–H and O–H groups in total. The van der Waals surface area contributed by atoms with Gasteiger partial charge in [-0.2, -0.15) is 0 Å². The molecule has 0 spiro atoms. The van der Waals surface area contributed by atoms with E-state index in [-0.39, 0.29) is 18.0 Å². The first-order chi connectivity index (χ1) is 8.83. The summed E-state index contributed by atoms with van der Waals surface area (Å²) in [5, 5.41) is 16.0. The third-order valence-electron chi connectivity index (χ3n) is 2.87. The molecule has 0 bridgehead atoms. The third kappa shape index (κ3) is 4.90. The van der Waals surface area contributed by atoms with Crippen LogP contribution in [0.5, 0.6) is 0 Å². The molecule has 0 aliphatic rings. The summed E-state index contributed by atoms with van der Waals surface area (Å²) >= 11 is 1.65. The fraction of sp³-hybridized carbons (Fsp3) is 0.538. The van der Waals surface area contributed by atoms with E-state index in [0.29, 0.717) is 6.54 Å². The van der Waals surface area contributed by atoms with Gasteiger partial charge in [0.1, 0.15) is 0 Å². The average Bonchev–Trinajstić information content (AvgIpc) is 2.87. The van der Waals surface area contributed by atoms with Crippen LogP contribution in [-0.2, 0) is 10.2 Å². The summed E-state index contributed by atoms with van der Waals surface area (Å²) in [7, 11) is 0. The highest BCUT2D eigenvalue weighted by atomic mass is 32.1. The Hall–Kier alpha value is -1.56. The summed E-state index contributed by atoms with van der Waals surface area (Å²) in [5.74, 6) is -1.50. The van der Waals surface area contributed by atoms with Crippen LogP contribution in [-0.4, -0.2) is 30.2 Å². The molecule has 1 unspecified atom stereocenters. The normalized spacial score (nSPS) is 12.8. The van der Waals surface area contributed by atoms with Crippen molar-refractivity contribution in [1.29, 1.82) is 0 Å². The van der Waals surface area contributed by atoms with E-state index < -0.39 is 11.9 Å². The minimum Gasteiger partial charge on any atom is -0.481 e. The summed E-state index contributed by atoms with van der Waals surface area (Å²) in [5.41, 5.74) is -0.135.